The molecule has 2 N–H and O–H groups in total. The molecule has 2 aromatic rings. The lowest BCUT2D eigenvalue weighted by molar-refractivity contribution is -0.125. The van der Waals surface area contributed by atoms with E-state index in [0.717, 1.165) is 43.5 Å². The van der Waals surface area contributed by atoms with Crippen LogP contribution in [0.5, 0.6) is 17.2 Å². The van der Waals surface area contributed by atoms with Gasteiger partial charge in [-0.2, -0.15) is 0 Å². The van der Waals surface area contributed by atoms with Gasteiger partial charge in [0.25, 0.3) is 0 Å². The molecule has 0 saturated carbocycles. The molecule has 30 heavy (non-hydrogen) atoms. The highest BCUT2D eigenvalue weighted by Gasteiger charge is 2.25. The van der Waals surface area contributed by atoms with E-state index in [9.17, 15) is 14.7 Å². The number of anilines is 1. The lowest BCUT2D eigenvalue weighted by atomic mass is 9.95. The van der Waals surface area contributed by atoms with Gasteiger partial charge >= 0.3 is 0 Å². The summed E-state index contributed by atoms with van der Waals surface area (Å²) in [5, 5.41) is 13.0. The van der Waals surface area contributed by atoms with E-state index in [1.54, 1.807) is 12.1 Å². The summed E-state index contributed by atoms with van der Waals surface area (Å²) in [6.45, 7) is 2.12. The highest BCUT2D eigenvalue weighted by Crippen LogP contribution is 2.37. The van der Waals surface area contributed by atoms with Crippen molar-refractivity contribution in [2.45, 2.75) is 19.3 Å². The number of amides is 1. The summed E-state index contributed by atoms with van der Waals surface area (Å²) in [5.41, 5.74) is 2.65. The van der Waals surface area contributed by atoms with E-state index >= 15 is 0 Å². The van der Waals surface area contributed by atoms with Crippen molar-refractivity contribution in [3.63, 3.8) is 0 Å². The van der Waals surface area contributed by atoms with Crippen molar-refractivity contribution in [2.24, 2.45) is 5.92 Å². The fourth-order valence-corrected chi connectivity index (χ4v) is 3.73. The van der Waals surface area contributed by atoms with Gasteiger partial charge in [-0.3, -0.25) is 9.59 Å². The molecule has 1 saturated heterocycles. The average Bonchev–Trinajstić information content (AvgIpc) is 2.80. The van der Waals surface area contributed by atoms with Crippen molar-refractivity contribution in [2.75, 3.05) is 38.8 Å². The monoisotopic (exact) mass is 412 g/mol. The number of phenols is 1. The third kappa shape index (κ3) is 5.03. The molecule has 0 bridgehead atoms. The summed E-state index contributed by atoms with van der Waals surface area (Å²) < 4.78 is 10.3. The van der Waals surface area contributed by atoms with Crippen molar-refractivity contribution >= 4 is 17.9 Å². The molecule has 1 aliphatic heterocycles. The average molecular weight is 412 g/mol. The minimum atomic E-state index is -0.0275. The van der Waals surface area contributed by atoms with E-state index in [1.807, 2.05) is 24.3 Å². The van der Waals surface area contributed by atoms with Crippen molar-refractivity contribution in [1.82, 2.24) is 5.32 Å². The minimum absolute atomic E-state index is 0.000566. The number of carbonyl (C=O) groups excluding carboxylic acids is 2. The summed E-state index contributed by atoms with van der Waals surface area (Å²) in [5.74, 6) is 0.747. The van der Waals surface area contributed by atoms with Gasteiger partial charge in [-0.25, -0.2) is 0 Å². The second kappa shape index (κ2) is 10.0. The number of hydrogen-bond donors (Lipinski definition) is 2. The molecule has 1 aliphatic rings. The molecule has 0 aromatic heterocycles. The van der Waals surface area contributed by atoms with Gasteiger partial charge in [-0.1, -0.05) is 0 Å². The van der Waals surface area contributed by atoms with Gasteiger partial charge in [0, 0.05) is 36.8 Å². The number of aldehydes is 1. The highest BCUT2D eigenvalue weighted by molar-refractivity contribution is 5.79. The minimum Gasteiger partial charge on any atom is -0.502 e. The molecular weight excluding hydrogens is 384 g/mol. The van der Waals surface area contributed by atoms with Gasteiger partial charge in [0.1, 0.15) is 6.29 Å². The molecular formula is C23H28N2O5. The maximum absolute atomic E-state index is 12.6. The number of phenolic OH excluding ortho intramolecular Hbond substituents is 1. The maximum atomic E-state index is 12.6. The van der Waals surface area contributed by atoms with E-state index in [0.29, 0.717) is 30.0 Å². The molecule has 7 heteroatoms. The van der Waals surface area contributed by atoms with Crippen molar-refractivity contribution in [1.29, 1.82) is 0 Å². The maximum Gasteiger partial charge on any atom is 0.223 e. The summed E-state index contributed by atoms with van der Waals surface area (Å²) in [4.78, 5) is 25.6. The fourth-order valence-electron chi connectivity index (χ4n) is 3.73. The van der Waals surface area contributed by atoms with Gasteiger partial charge in [0.05, 0.1) is 14.2 Å². The first-order chi connectivity index (χ1) is 14.5. The Morgan fingerprint density at radius 2 is 1.73 bits per heavy atom. The molecule has 1 heterocycles. The molecule has 2 aromatic carbocycles. The fraction of sp³-hybridized carbons (Fsp3) is 0.391. The first-order valence-corrected chi connectivity index (χ1v) is 10.1. The van der Waals surface area contributed by atoms with E-state index in [4.69, 9.17) is 9.47 Å². The molecule has 160 valence electrons. The smallest absolute Gasteiger partial charge is 0.223 e. The van der Waals surface area contributed by atoms with E-state index in [-0.39, 0.29) is 17.6 Å². The Kier molecular flexibility index (Phi) is 7.17. The molecule has 0 atom stereocenters. The van der Waals surface area contributed by atoms with Gasteiger partial charge in [-0.15, -0.1) is 0 Å². The first-order valence-electron chi connectivity index (χ1n) is 10.1. The number of aromatic hydroxyl groups is 1. The quantitative estimate of drug-likeness (QED) is 0.649. The molecule has 0 unspecified atom stereocenters. The molecule has 0 aliphatic carbocycles. The normalized spacial score (nSPS) is 14.3. The van der Waals surface area contributed by atoms with Crippen LogP contribution in [0.1, 0.15) is 28.8 Å². The number of ether oxygens (including phenoxy) is 2. The standard InChI is InChI=1S/C23H28N2O5/c1-29-20-13-17(14-21(30-2)22(20)27)7-10-24-23(28)18-8-11-25(12-9-18)19-5-3-16(15-26)4-6-19/h3-6,13-15,18,27H,7-12H2,1-2H3,(H,24,28). The largest absolute Gasteiger partial charge is 0.502 e. The number of benzene rings is 2. The van der Waals surface area contributed by atoms with Crippen LogP contribution in [0.2, 0.25) is 0 Å². The Balaban J connectivity index is 1.47. The van der Waals surface area contributed by atoms with E-state index < -0.39 is 0 Å². The predicted molar refractivity (Wildman–Crippen MR) is 115 cm³/mol. The van der Waals surface area contributed by atoms with Crippen LogP contribution in [-0.2, 0) is 11.2 Å². The topological polar surface area (TPSA) is 88.1 Å². The van der Waals surface area contributed by atoms with Crippen LogP contribution in [0.4, 0.5) is 5.69 Å². The molecule has 0 spiro atoms. The Bertz CT molecular complexity index is 849. The van der Waals surface area contributed by atoms with E-state index in [2.05, 4.69) is 10.2 Å². The second-order valence-corrected chi connectivity index (χ2v) is 7.36. The number of nitrogens with zero attached hydrogens (tertiary/aromatic N) is 1. The first kappa shape index (κ1) is 21.5. The zero-order valence-corrected chi connectivity index (χ0v) is 17.4. The molecule has 1 amide bonds. The van der Waals surface area contributed by atoms with E-state index in [1.165, 1.54) is 14.2 Å². The van der Waals surface area contributed by atoms with Gasteiger partial charge in [0.2, 0.25) is 11.7 Å². The summed E-state index contributed by atoms with van der Waals surface area (Å²) >= 11 is 0. The Morgan fingerprint density at radius 1 is 1.13 bits per heavy atom. The SMILES string of the molecule is COc1cc(CCNC(=O)C2CCN(c3ccc(C=O)cc3)CC2)cc(OC)c1O. The van der Waals surface area contributed by atoms with Gasteiger partial charge in [-0.05, 0) is 61.2 Å². The van der Waals surface area contributed by atoms with Crippen LogP contribution >= 0.6 is 0 Å². The van der Waals surface area contributed by atoms with Crippen molar-refractivity contribution < 1.29 is 24.2 Å². The number of rotatable bonds is 8. The van der Waals surface area contributed by atoms with Crippen LogP contribution in [0.3, 0.4) is 0 Å². The Morgan fingerprint density at radius 3 is 2.27 bits per heavy atom. The van der Waals surface area contributed by atoms with Crippen LogP contribution in [0, 0.1) is 5.92 Å². The molecule has 1 fully saturated rings. The molecule has 7 nitrogen and oxygen atoms in total. The van der Waals surface area contributed by atoms with Gasteiger partial charge < -0.3 is 24.8 Å². The third-order valence-electron chi connectivity index (χ3n) is 5.51. The number of methoxy groups -OCH3 is 2. The number of carbonyl (C=O) groups is 2. The Hall–Kier alpha value is -3.22. The zero-order valence-electron chi connectivity index (χ0n) is 17.4. The number of hydrogen-bond acceptors (Lipinski definition) is 6. The molecule has 0 radical (unpaired) electrons. The lowest BCUT2D eigenvalue weighted by Crippen LogP contribution is -2.41. The predicted octanol–water partition coefficient (Wildman–Crippen LogP) is 2.80. The Labute approximate surface area is 176 Å². The van der Waals surface area contributed by atoms with Crippen LogP contribution in [-0.4, -0.2) is 51.2 Å². The van der Waals surface area contributed by atoms with Gasteiger partial charge in [0.15, 0.2) is 11.5 Å². The van der Waals surface area contributed by atoms with Crippen molar-refractivity contribution in [3.8, 4) is 17.2 Å². The number of piperidine rings is 1. The summed E-state index contributed by atoms with van der Waals surface area (Å²) in [6, 6.07) is 11.0. The summed E-state index contributed by atoms with van der Waals surface area (Å²) in [6.07, 6.45) is 3.04. The highest BCUT2D eigenvalue weighted by atomic mass is 16.5. The third-order valence-corrected chi connectivity index (χ3v) is 5.51. The zero-order chi connectivity index (χ0) is 21.5. The van der Waals surface area contributed by atoms with Crippen molar-refractivity contribution in [3.05, 3.63) is 47.5 Å². The van der Waals surface area contributed by atoms with Crippen LogP contribution in [0.25, 0.3) is 0 Å². The molecule has 3 rings (SSSR count). The second-order valence-electron chi connectivity index (χ2n) is 7.36. The van der Waals surface area contributed by atoms with Crippen LogP contribution < -0.4 is 19.7 Å². The van der Waals surface area contributed by atoms with Crippen LogP contribution in [0.15, 0.2) is 36.4 Å². The number of nitrogens with one attached hydrogen (secondary N) is 1. The lowest BCUT2D eigenvalue weighted by Gasteiger charge is -2.33. The summed E-state index contributed by atoms with van der Waals surface area (Å²) in [7, 11) is 2.98.